The molecule has 4 heteroatoms. The highest BCUT2D eigenvalue weighted by molar-refractivity contribution is 5.73. The van der Waals surface area contributed by atoms with E-state index in [1.807, 2.05) is 0 Å². The molecule has 0 amide bonds. The molecule has 0 aromatic rings. The zero-order chi connectivity index (χ0) is 11.1. The second kappa shape index (κ2) is 6.56. The number of carboxylic acid groups (broad SMARTS) is 1. The molecule has 4 nitrogen and oxygen atoms in total. The molecule has 1 aliphatic rings. The molecule has 0 aliphatic heterocycles. The lowest BCUT2D eigenvalue weighted by Gasteiger charge is -2.26. The average molecular weight is 213 g/mol. The first kappa shape index (κ1) is 12.2. The van der Waals surface area contributed by atoms with Crippen LogP contribution in [0.1, 0.15) is 32.1 Å². The third-order valence-corrected chi connectivity index (χ3v) is 2.87. The van der Waals surface area contributed by atoms with Gasteiger partial charge in [-0.25, -0.2) is 0 Å². The summed E-state index contributed by atoms with van der Waals surface area (Å²) in [5.41, 5.74) is 0. The van der Waals surface area contributed by atoms with Crippen LogP contribution in [0.3, 0.4) is 0 Å². The molecule has 15 heavy (non-hydrogen) atoms. The molecule has 1 aliphatic carbocycles. The lowest BCUT2D eigenvalue weighted by atomic mass is 9.85. The molecule has 0 spiro atoms. The van der Waals surface area contributed by atoms with E-state index in [4.69, 9.17) is 9.84 Å². The van der Waals surface area contributed by atoms with Crippen LogP contribution in [0.2, 0.25) is 0 Å². The number of carboxylic acids is 1. The predicted octanol–water partition coefficient (Wildman–Crippen LogP) is 1.74. The van der Waals surface area contributed by atoms with Crippen molar-refractivity contribution in [3.63, 3.8) is 0 Å². The van der Waals surface area contributed by atoms with Crippen LogP contribution in [0.5, 0.6) is 0 Å². The van der Waals surface area contributed by atoms with E-state index >= 15 is 0 Å². The van der Waals surface area contributed by atoms with Crippen LogP contribution in [0.15, 0.2) is 4.99 Å². The van der Waals surface area contributed by atoms with E-state index in [-0.39, 0.29) is 12.6 Å². The minimum atomic E-state index is -0.898. The number of rotatable bonds is 5. The molecule has 0 aromatic carbocycles. The fourth-order valence-corrected chi connectivity index (χ4v) is 2.07. The number of methoxy groups -OCH3 is 1. The zero-order valence-corrected chi connectivity index (χ0v) is 9.19. The maximum absolute atomic E-state index is 10.3. The van der Waals surface area contributed by atoms with Gasteiger partial charge in [-0.15, -0.1) is 0 Å². The van der Waals surface area contributed by atoms with Gasteiger partial charge in [-0.3, -0.25) is 9.79 Å². The standard InChI is InChI=1S/C11H19NO3/c1-15-10(7-12-8-11(13)14)9-5-3-2-4-6-9/h7,9-10H,2-6,8H2,1H3,(H,13,14). The molecular formula is C11H19NO3. The largest absolute Gasteiger partial charge is 0.480 e. The molecule has 86 valence electrons. The molecular weight excluding hydrogens is 194 g/mol. The molecule has 0 bridgehead atoms. The molecule has 1 N–H and O–H groups in total. The Balaban J connectivity index is 2.39. The van der Waals surface area contributed by atoms with Gasteiger partial charge in [0.2, 0.25) is 0 Å². The zero-order valence-electron chi connectivity index (χ0n) is 9.19. The number of carbonyl (C=O) groups is 1. The Morgan fingerprint density at radius 2 is 2.20 bits per heavy atom. The summed E-state index contributed by atoms with van der Waals surface area (Å²) in [6.45, 7) is -0.160. The highest BCUT2D eigenvalue weighted by Crippen LogP contribution is 2.26. The first-order chi connectivity index (χ1) is 7.24. The second-order valence-electron chi connectivity index (χ2n) is 3.98. The van der Waals surface area contributed by atoms with Gasteiger partial charge in [-0.05, 0) is 18.8 Å². The normalized spacial score (nSPS) is 20.6. The molecule has 1 fully saturated rings. The molecule has 1 unspecified atom stereocenters. The number of hydrogen-bond acceptors (Lipinski definition) is 3. The first-order valence-electron chi connectivity index (χ1n) is 5.48. The van der Waals surface area contributed by atoms with E-state index in [0.29, 0.717) is 5.92 Å². The summed E-state index contributed by atoms with van der Waals surface area (Å²) in [5, 5.41) is 8.45. The van der Waals surface area contributed by atoms with Crippen LogP contribution < -0.4 is 0 Å². The van der Waals surface area contributed by atoms with Crippen molar-refractivity contribution >= 4 is 12.2 Å². The molecule has 1 saturated carbocycles. The Hall–Kier alpha value is -0.900. The molecule has 0 radical (unpaired) electrons. The lowest BCUT2D eigenvalue weighted by Crippen LogP contribution is -2.26. The van der Waals surface area contributed by atoms with Crippen molar-refractivity contribution in [2.24, 2.45) is 10.9 Å². The summed E-state index contributed by atoms with van der Waals surface area (Å²) in [6.07, 6.45) is 7.78. The van der Waals surface area contributed by atoms with Crippen molar-refractivity contribution in [3.8, 4) is 0 Å². The fraction of sp³-hybridized carbons (Fsp3) is 0.818. The number of hydrogen-bond donors (Lipinski definition) is 1. The van der Waals surface area contributed by atoms with Crippen molar-refractivity contribution in [1.29, 1.82) is 0 Å². The second-order valence-corrected chi connectivity index (χ2v) is 3.98. The monoisotopic (exact) mass is 213 g/mol. The van der Waals surface area contributed by atoms with Gasteiger partial charge in [0.25, 0.3) is 0 Å². The van der Waals surface area contributed by atoms with Gasteiger partial charge in [0.15, 0.2) is 0 Å². The molecule has 0 saturated heterocycles. The number of aliphatic carboxylic acids is 1. The fourth-order valence-electron chi connectivity index (χ4n) is 2.07. The van der Waals surface area contributed by atoms with E-state index in [0.717, 1.165) is 12.8 Å². The Morgan fingerprint density at radius 1 is 1.53 bits per heavy atom. The van der Waals surface area contributed by atoms with Crippen molar-refractivity contribution in [2.75, 3.05) is 13.7 Å². The van der Waals surface area contributed by atoms with Gasteiger partial charge in [-0.1, -0.05) is 19.3 Å². The average Bonchev–Trinajstić information content (AvgIpc) is 2.25. The summed E-state index contributed by atoms with van der Waals surface area (Å²) >= 11 is 0. The van der Waals surface area contributed by atoms with Gasteiger partial charge in [0.1, 0.15) is 6.54 Å². The third-order valence-electron chi connectivity index (χ3n) is 2.87. The van der Waals surface area contributed by atoms with E-state index in [2.05, 4.69) is 4.99 Å². The van der Waals surface area contributed by atoms with E-state index in [1.54, 1.807) is 13.3 Å². The van der Waals surface area contributed by atoms with E-state index in [9.17, 15) is 4.79 Å². The van der Waals surface area contributed by atoms with Crippen LogP contribution >= 0.6 is 0 Å². The number of aliphatic imine (C=N–C) groups is 1. The number of nitrogens with zero attached hydrogens (tertiary/aromatic N) is 1. The van der Waals surface area contributed by atoms with Crippen molar-refractivity contribution in [1.82, 2.24) is 0 Å². The Kier molecular flexibility index (Phi) is 5.32. The molecule has 1 atom stereocenters. The van der Waals surface area contributed by atoms with Gasteiger partial charge < -0.3 is 9.84 Å². The summed E-state index contributed by atoms with van der Waals surface area (Å²) in [7, 11) is 1.66. The van der Waals surface area contributed by atoms with Crippen LogP contribution in [0.25, 0.3) is 0 Å². The first-order valence-corrected chi connectivity index (χ1v) is 5.48. The molecule has 0 aromatic heterocycles. The highest BCUT2D eigenvalue weighted by atomic mass is 16.5. The smallest absolute Gasteiger partial charge is 0.325 e. The maximum Gasteiger partial charge on any atom is 0.325 e. The summed E-state index contributed by atoms with van der Waals surface area (Å²) in [5.74, 6) is -0.383. The predicted molar refractivity (Wildman–Crippen MR) is 58.4 cm³/mol. The number of ether oxygens (including phenoxy) is 1. The lowest BCUT2D eigenvalue weighted by molar-refractivity contribution is -0.135. The third kappa shape index (κ3) is 4.42. The Morgan fingerprint density at radius 3 is 2.73 bits per heavy atom. The minimum absolute atomic E-state index is 0.00958. The Labute approximate surface area is 90.3 Å². The van der Waals surface area contributed by atoms with E-state index < -0.39 is 5.97 Å². The Bertz CT molecular complexity index is 222. The highest BCUT2D eigenvalue weighted by Gasteiger charge is 2.21. The maximum atomic E-state index is 10.3. The van der Waals surface area contributed by atoms with Crippen LogP contribution in [-0.4, -0.2) is 37.0 Å². The summed E-state index contributed by atoms with van der Waals surface area (Å²) in [6, 6.07) is 0. The van der Waals surface area contributed by atoms with Gasteiger partial charge in [-0.2, -0.15) is 0 Å². The minimum Gasteiger partial charge on any atom is -0.480 e. The topological polar surface area (TPSA) is 58.9 Å². The van der Waals surface area contributed by atoms with Crippen LogP contribution in [0, 0.1) is 5.92 Å². The van der Waals surface area contributed by atoms with E-state index in [1.165, 1.54) is 19.3 Å². The van der Waals surface area contributed by atoms with Gasteiger partial charge in [0, 0.05) is 13.3 Å². The van der Waals surface area contributed by atoms with Gasteiger partial charge >= 0.3 is 5.97 Å². The van der Waals surface area contributed by atoms with Gasteiger partial charge in [0.05, 0.1) is 6.10 Å². The molecule has 1 rings (SSSR count). The summed E-state index contributed by atoms with van der Waals surface area (Å²) < 4.78 is 5.33. The van der Waals surface area contributed by atoms with Crippen molar-refractivity contribution in [2.45, 2.75) is 38.2 Å². The van der Waals surface area contributed by atoms with Crippen molar-refractivity contribution < 1.29 is 14.6 Å². The SMILES string of the molecule is COC(C=NCC(=O)O)C1CCCCC1. The van der Waals surface area contributed by atoms with Crippen LogP contribution in [0.4, 0.5) is 0 Å². The molecule has 0 heterocycles. The van der Waals surface area contributed by atoms with Crippen LogP contribution in [-0.2, 0) is 9.53 Å². The quantitative estimate of drug-likeness (QED) is 0.708. The summed E-state index contributed by atoms with van der Waals surface area (Å²) in [4.78, 5) is 14.2. The van der Waals surface area contributed by atoms with Crippen molar-refractivity contribution in [3.05, 3.63) is 0 Å².